The van der Waals surface area contributed by atoms with Gasteiger partial charge < -0.3 is 19.3 Å². The standard InChI is InChI=1S/C16H19N7O2/c1-10-6-11(21-25-10)12-4-3-5-23(12)13(24)7-22(2)16-14-15(18-8-17-14)19-9-20-16/h6,8-9,12H,3-5,7H2,1-2H3,(H,17,18,19,20)/t12-/m1/s1. The number of imidazole rings is 1. The molecule has 9 nitrogen and oxygen atoms in total. The van der Waals surface area contributed by atoms with E-state index in [4.69, 9.17) is 4.52 Å². The predicted molar refractivity (Wildman–Crippen MR) is 89.9 cm³/mol. The Bertz CT molecular complexity index is 903. The number of nitrogens with one attached hydrogen (secondary N) is 1. The molecular weight excluding hydrogens is 322 g/mol. The average molecular weight is 341 g/mol. The molecular formula is C16H19N7O2. The summed E-state index contributed by atoms with van der Waals surface area (Å²) in [5, 5.41) is 4.09. The highest BCUT2D eigenvalue weighted by Gasteiger charge is 2.32. The third kappa shape index (κ3) is 2.81. The quantitative estimate of drug-likeness (QED) is 0.766. The zero-order valence-corrected chi connectivity index (χ0v) is 14.1. The summed E-state index contributed by atoms with van der Waals surface area (Å²) in [6.45, 7) is 2.81. The molecule has 3 aromatic heterocycles. The van der Waals surface area contributed by atoms with Crippen LogP contribution in [0.3, 0.4) is 0 Å². The van der Waals surface area contributed by atoms with Crippen molar-refractivity contribution in [2.75, 3.05) is 25.0 Å². The molecule has 3 aromatic rings. The number of H-pyrrole nitrogens is 1. The second-order valence-corrected chi connectivity index (χ2v) is 6.26. The number of anilines is 1. The molecule has 0 radical (unpaired) electrons. The maximum Gasteiger partial charge on any atom is 0.242 e. The first-order valence-corrected chi connectivity index (χ1v) is 8.21. The largest absolute Gasteiger partial charge is 0.361 e. The molecule has 4 rings (SSSR count). The molecule has 1 fully saturated rings. The molecule has 0 aliphatic carbocycles. The Labute approximate surface area is 144 Å². The number of fused-ring (bicyclic) bond motifs is 1. The lowest BCUT2D eigenvalue weighted by Gasteiger charge is -2.26. The number of rotatable bonds is 4. The summed E-state index contributed by atoms with van der Waals surface area (Å²) in [5.41, 5.74) is 2.13. The topological polar surface area (TPSA) is 104 Å². The minimum atomic E-state index is -0.0177. The summed E-state index contributed by atoms with van der Waals surface area (Å²) in [6, 6.07) is 1.88. The number of hydrogen-bond donors (Lipinski definition) is 1. The molecule has 1 aliphatic heterocycles. The van der Waals surface area contributed by atoms with Gasteiger partial charge in [-0.15, -0.1) is 0 Å². The van der Waals surface area contributed by atoms with Crippen molar-refractivity contribution in [1.29, 1.82) is 0 Å². The Morgan fingerprint density at radius 2 is 2.32 bits per heavy atom. The molecule has 1 aliphatic rings. The van der Waals surface area contributed by atoms with Crippen LogP contribution in [-0.4, -0.2) is 56.0 Å². The van der Waals surface area contributed by atoms with Gasteiger partial charge in [0.25, 0.3) is 0 Å². The van der Waals surface area contributed by atoms with E-state index in [2.05, 4.69) is 25.1 Å². The van der Waals surface area contributed by atoms with Crippen LogP contribution in [0.2, 0.25) is 0 Å². The van der Waals surface area contributed by atoms with Crippen LogP contribution in [0.4, 0.5) is 5.82 Å². The summed E-state index contributed by atoms with van der Waals surface area (Å²) >= 11 is 0. The van der Waals surface area contributed by atoms with Gasteiger partial charge in [-0.1, -0.05) is 5.16 Å². The van der Waals surface area contributed by atoms with E-state index in [0.29, 0.717) is 11.5 Å². The van der Waals surface area contributed by atoms with Gasteiger partial charge in [0.1, 0.15) is 23.3 Å². The minimum absolute atomic E-state index is 0.0177. The van der Waals surface area contributed by atoms with Crippen molar-refractivity contribution in [3.63, 3.8) is 0 Å². The highest BCUT2D eigenvalue weighted by atomic mass is 16.5. The van der Waals surface area contributed by atoms with E-state index in [1.165, 1.54) is 6.33 Å². The van der Waals surface area contributed by atoms with Crippen molar-refractivity contribution in [2.45, 2.75) is 25.8 Å². The van der Waals surface area contributed by atoms with Gasteiger partial charge in [-0.25, -0.2) is 15.0 Å². The van der Waals surface area contributed by atoms with Gasteiger partial charge in [0.2, 0.25) is 5.91 Å². The number of likely N-dealkylation sites (tertiary alicyclic amines) is 1. The van der Waals surface area contributed by atoms with E-state index >= 15 is 0 Å². The first-order valence-electron chi connectivity index (χ1n) is 8.21. The van der Waals surface area contributed by atoms with Crippen molar-refractivity contribution in [3.8, 4) is 0 Å². The third-order valence-corrected chi connectivity index (χ3v) is 4.50. The smallest absolute Gasteiger partial charge is 0.242 e. The number of carbonyl (C=O) groups excluding carboxylic acids is 1. The summed E-state index contributed by atoms with van der Waals surface area (Å²) < 4.78 is 5.17. The highest BCUT2D eigenvalue weighted by Crippen LogP contribution is 2.31. The summed E-state index contributed by atoms with van der Waals surface area (Å²) in [5.74, 6) is 1.45. The summed E-state index contributed by atoms with van der Waals surface area (Å²) in [7, 11) is 1.84. The van der Waals surface area contributed by atoms with Crippen molar-refractivity contribution in [3.05, 3.63) is 30.2 Å². The number of amides is 1. The van der Waals surface area contributed by atoms with Crippen LogP contribution in [0.5, 0.6) is 0 Å². The molecule has 130 valence electrons. The van der Waals surface area contributed by atoms with E-state index in [-0.39, 0.29) is 18.5 Å². The third-order valence-electron chi connectivity index (χ3n) is 4.50. The van der Waals surface area contributed by atoms with E-state index in [0.717, 1.165) is 36.4 Å². The lowest BCUT2D eigenvalue weighted by atomic mass is 10.1. The SMILES string of the molecule is Cc1cc([C@H]2CCCN2C(=O)CN(C)c2ncnc3nc[nH]c23)no1. The number of carbonyl (C=O) groups is 1. The molecule has 1 amide bonds. The van der Waals surface area contributed by atoms with E-state index in [1.807, 2.05) is 29.8 Å². The first-order chi connectivity index (χ1) is 12.1. The van der Waals surface area contributed by atoms with Crippen LogP contribution in [0.25, 0.3) is 11.2 Å². The highest BCUT2D eigenvalue weighted by molar-refractivity contribution is 5.87. The van der Waals surface area contributed by atoms with E-state index in [1.54, 1.807) is 6.33 Å². The Kier molecular flexibility index (Phi) is 3.83. The molecule has 0 unspecified atom stereocenters. The Morgan fingerprint density at radius 1 is 1.44 bits per heavy atom. The summed E-state index contributed by atoms with van der Waals surface area (Å²) in [4.78, 5) is 32.1. The van der Waals surface area contributed by atoms with Crippen molar-refractivity contribution in [1.82, 2.24) is 30.0 Å². The lowest BCUT2D eigenvalue weighted by Crippen LogP contribution is -2.39. The Hall–Kier alpha value is -2.97. The number of nitrogens with zero attached hydrogens (tertiary/aromatic N) is 6. The summed E-state index contributed by atoms with van der Waals surface area (Å²) in [6.07, 6.45) is 4.89. The molecule has 1 atom stereocenters. The molecule has 25 heavy (non-hydrogen) atoms. The second-order valence-electron chi connectivity index (χ2n) is 6.26. The normalized spacial score (nSPS) is 17.4. The average Bonchev–Trinajstić information content (AvgIpc) is 3.33. The molecule has 1 N–H and O–H groups in total. The van der Waals surface area contributed by atoms with Crippen LogP contribution in [0.1, 0.15) is 30.3 Å². The van der Waals surface area contributed by atoms with Gasteiger partial charge in [0.15, 0.2) is 11.5 Å². The molecule has 0 spiro atoms. The first kappa shape index (κ1) is 15.6. The zero-order valence-electron chi connectivity index (χ0n) is 14.1. The minimum Gasteiger partial charge on any atom is -0.361 e. The predicted octanol–water partition coefficient (Wildman–Crippen LogP) is 1.45. The molecule has 0 saturated carbocycles. The molecule has 0 bridgehead atoms. The Morgan fingerprint density at radius 3 is 3.12 bits per heavy atom. The monoisotopic (exact) mass is 341 g/mol. The van der Waals surface area contributed by atoms with Gasteiger partial charge >= 0.3 is 0 Å². The van der Waals surface area contributed by atoms with Gasteiger partial charge in [-0.3, -0.25) is 4.79 Å². The Balaban J connectivity index is 1.52. The lowest BCUT2D eigenvalue weighted by molar-refractivity contribution is -0.130. The van der Waals surface area contributed by atoms with Crippen LogP contribution >= 0.6 is 0 Å². The maximum atomic E-state index is 12.9. The van der Waals surface area contributed by atoms with Crippen LogP contribution in [0.15, 0.2) is 23.2 Å². The fraction of sp³-hybridized carbons (Fsp3) is 0.438. The van der Waals surface area contributed by atoms with Crippen molar-refractivity contribution >= 4 is 22.9 Å². The van der Waals surface area contributed by atoms with Crippen LogP contribution in [-0.2, 0) is 4.79 Å². The number of aromatic nitrogens is 5. The van der Waals surface area contributed by atoms with Crippen molar-refractivity contribution < 1.29 is 9.32 Å². The number of likely N-dealkylation sites (N-methyl/N-ethyl adjacent to an activating group) is 1. The number of aryl methyl sites for hydroxylation is 1. The van der Waals surface area contributed by atoms with Gasteiger partial charge in [-0.05, 0) is 19.8 Å². The molecule has 9 heteroatoms. The second kappa shape index (κ2) is 6.15. The van der Waals surface area contributed by atoms with Gasteiger partial charge in [0.05, 0.1) is 18.9 Å². The number of aromatic amines is 1. The molecule has 4 heterocycles. The number of hydrogen-bond acceptors (Lipinski definition) is 7. The fourth-order valence-corrected chi connectivity index (χ4v) is 3.33. The van der Waals surface area contributed by atoms with Crippen LogP contribution in [0, 0.1) is 6.92 Å². The molecule has 1 saturated heterocycles. The van der Waals surface area contributed by atoms with Crippen LogP contribution < -0.4 is 4.90 Å². The zero-order chi connectivity index (χ0) is 17.4. The maximum absolute atomic E-state index is 12.9. The molecule has 0 aromatic carbocycles. The van der Waals surface area contributed by atoms with Gasteiger partial charge in [0, 0.05) is 19.7 Å². The van der Waals surface area contributed by atoms with Crippen molar-refractivity contribution in [2.24, 2.45) is 0 Å². The van der Waals surface area contributed by atoms with E-state index in [9.17, 15) is 4.79 Å². The fourth-order valence-electron chi connectivity index (χ4n) is 3.33. The van der Waals surface area contributed by atoms with E-state index < -0.39 is 0 Å². The van der Waals surface area contributed by atoms with Gasteiger partial charge in [-0.2, -0.15) is 0 Å².